The van der Waals surface area contributed by atoms with Gasteiger partial charge in [0.25, 0.3) is 5.91 Å². The molecule has 0 radical (unpaired) electrons. The topological polar surface area (TPSA) is 53.1 Å². The molecule has 1 amide bonds. The van der Waals surface area contributed by atoms with Gasteiger partial charge >= 0.3 is 5.97 Å². The number of ether oxygens (including phenoxy) is 1. The summed E-state index contributed by atoms with van der Waals surface area (Å²) in [5.41, 5.74) is 6.10. The Labute approximate surface area is 244 Å². The molecule has 0 N–H and O–H groups in total. The summed E-state index contributed by atoms with van der Waals surface area (Å²) in [4.78, 5) is 32.5. The predicted octanol–water partition coefficient (Wildman–Crippen LogP) is 6.26. The molecule has 0 spiro atoms. The monoisotopic (exact) mass is 553 g/mol. The molecule has 6 heteroatoms. The van der Waals surface area contributed by atoms with Crippen LogP contribution in [0.25, 0.3) is 0 Å². The fraction of sp³-hybridized carbons (Fsp3) is 0.429. The zero-order chi connectivity index (χ0) is 29.0. The van der Waals surface area contributed by atoms with E-state index >= 15 is 0 Å². The number of anilines is 1. The minimum absolute atomic E-state index is 0.115. The second kappa shape index (κ2) is 12.5. The summed E-state index contributed by atoms with van der Waals surface area (Å²) in [6.07, 6.45) is 4.19. The lowest BCUT2D eigenvalue weighted by molar-refractivity contribution is 0.0170. The molecule has 0 aromatic heterocycles. The van der Waals surface area contributed by atoms with Gasteiger partial charge in [-0.05, 0) is 87.4 Å². The predicted molar refractivity (Wildman–Crippen MR) is 164 cm³/mol. The first kappa shape index (κ1) is 28.9. The molecule has 216 valence electrons. The second-order valence-corrected chi connectivity index (χ2v) is 11.9. The molecule has 0 bridgehead atoms. The van der Waals surface area contributed by atoms with E-state index in [0.717, 1.165) is 75.1 Å². The van der Waals surface area contributed by atoms with E-state index in [9.17, 15) is 9.59 Å². The van der Waals surface area contributed by atoms with Gasteiger partial charge < -0.3 is 14.5 Å². The number of para-hydroxylation sites is 1. The lowest BCUT2D eigenvalue weighted by Crippen LogP contribution is -2.58. The molecule has 2 heterocycles. The van der Waals surface area contributed by atoms with Gasteiger partial charge in [0.15, 0.2) is 0 Å². The zero-order valence-electron chi connectivity index (χ0n) is 24.9. The number of benzene rings is 3. The van der Waals surface area contributed by atoms with E-state index in [1.54, 1.807) is 0 Å². The molecular formula is C35H43N3O3. The van der Waals surface area contributed by atoms with Crippen molar-refractivity contribution in [2.75, 3.05) is 38.2 Å². The number of hydrogen-bond donors (Lipinski definition) is 0. The van der Waals surface area contributed by atoms with Crippen molar-refractivity contribution in [3.63, 3.8) is 0 Å². The highest BCUT2D eigenvalue weighted by atomic mass is 16.5. The number of likely N-dealkylation sites (tertiary alicyclic amines) is 2. The lowest BCUT2D eigenvalue weighted by atomic mass is 9.85. The highest BCUT2D eigenvalue weighted by molar-refractivity contribution is 5.97. The number of hydrogen-bond acceptors (Lipinski definition) is 5. The molecule has 2 saturated heterocycles. The minimum Gasteiger partial charge on any atom is -0.465 e. The summed E-state index contributed by atoms with van der Waals surface area (Å²) in [5.74, 6) is -0.127. The van der Waals surface area contributed by atoms with Gasteiger partial charge in [0.05, 0.1) is 12.7 Å². The first-order chi connectivity index (χ1) is 19.8. The highest BCUT2D eigenvalue weighted by Crippen LogP contribution is 2.34. The maximum atomic E-state index is 13.4. The van der Waals surface area contributed by atoms with Gasteiger partial charge in [0.2, 0.25) is 0 Å². The van der Waals surface area contributed by atoms with E-state index in [1.807, 2.05) is 56.3 Å². The summed E-state index contributed by atoms with van der Waals surface area (Å²) in [5, 5.41) is 0. The van der Waals surface area contributed by atoms with Crippen LogP contribution in [0.1, 0.15) is 70.0 Å². The largest absolute Gasteiger partial charge is 0.465 e. The van der Waals surface area contributed by atoms with Crippen molar-refractivity contribution < 1.29 is 14.3 Å². The first-order valence-electron chi connectivity index (χ1n) is 14.9. The summed E-state index contributed by atoms with van der Waals surface area (Å²) >= 11 is 0. The number of carbonyl (C=O) groups is 2. The van der Waals surface area contributed by atoms with Crippen LogP contribution >= 0.6 is 0 Å². The van der Waals surface area contributed by atoms with Crippen molar-refractivity contribution in [2.24, 2.45) is 0 Å². The Morgan fingerprint density at radius 3 is 2.05 bits per heavy atom. The Kier molecular flexibility index (Phi) is 8.79. The molecule has 5 rings (SSSR count). The molecule has 3 aromatic carbocycles. The average Bonchev–Trinajstić information content (AvgIpc) is 3.00. The number of methoxy groups -OCH3 is 1. The van der Waals surface area contributed by atoms with Gasteiger partial charge in [-0.2, -0.15) is 0 Å². The Morgan fingerprint density at radius 1 is 0.854 bits per heavy atom. The van der Waals surface area contributed by atoms with Gasteiger partial charge in [-0.1, -0.05) is 48.5 Å². The molecule has 0 aliphatic carbocycles. The van der Waals surface area contributed by atoms with E-state index < -0.39 is 0 Å². The van der Waals surface area contributed by atoms with Crippen molar-refractivity contribution in [3.8, 4) is 0 Å². The normalized spacial score (nSPS) is 17.7. The fourth-order valence-electron chi connectivity index (χ4n) is 6.65. The third-order valence-corrected chi connectivity index (χ3v) is 9.31. The minimum atomic E-state index is -0.308. The van der Waals surface area contributed by atoms with Crippen LogP contribution in [0.2, 0.25) is 0 Å². The van der Waals surface area contributed by atoms with Crippen LogP contribution in [0.5, 0.6) is 0 Å². The maximum absolute atomic E-state index is 13.4. The maximum Gasteiger partial charge on any atom is 0.337 e. The van der Waals surface area contributed by atoms with E-state index in [-0.39, 0.29) is 17.4 Å². The molecule has 2 aliphatic heterocycles. The third kappa shape index (κ3) is 6.33. The Balaban J connectivity index is 1.22. The zero-order valence-corrected chi connectivity index (χ0v) is 24.9. The molecule has 2 fully saturated rings. The molecule has 0 saturated carbocycles. The highest BCUT2D eigenvalue weighted by Gasteiger charge is 2.39. The number of esters is 1. The van der Waals surface area contributed by atoms with Crippen LogP contribution in [0, 0.1) is 13.8 Å². The first-order valence-corrected chi connectivity index (χ1v) is 14.9. The lowest BCUT2D eigenvalue weighted by Gasteiger charge is -2.50. The third-order valence-electron chi connectivity index (χ3n) is 9.31. The quantitative estimate of drug-likeness (QED) is 0.324. The molecule has 3 aromatic rings. The van der Waals surface area contributed by atoms with Crippen molar-refractivity contribution in [1.82, 2.24) is 9.80 Å². The van der Waals surface area contributed by atoms with E-state index in [1.165, 1.54) is 18.4 Å². The van der Waals surface area contributed by atoms with Gasteiger partial charge in [-0.3, -0.25) is 9.69 Å². The van der Waals surface area contributed by atoms with Crippen LogP contribution in [-0.4, -0.2) is 66.5 Å². The fourth-order valence-corrected chi connectivity index (χ4v) is 6.65. The van der Waals surface area contributed by atoms with Gasteiger partial charge in [0.1, 0.15) is 0 Å². The van der Waals surface area contributed by atoms with Gasteiger partial charge in [0, 0.05) is 55.6 Å². The van der Waals surface area contributed by atoms with Gasteiger partial charge in [-0.25, -0.2) is 4.79 Å². The smallest absolute Gasteiger partial charge is 0.337 e. The SMILES string of the molecule is COC(=O)c1ccc(CN(c2ccccc2)C2CCN(C3(C)CCN(C(=O)c4c(C)cccc4C)CC3)CC2)cc1. The van der Waals surface area contributed by atoms with Crippen LogP contribution in [-0.2, 0) is 11.3 Å². The molecular weight excluding hydrogens is 510 g/mol. The summed E-state index contributed by atoms with van der Waals surface area (Å²) in [6, 6.07) is 25.0. The molecule has 41 heavy (non-hydrogen) atoms. The van der Waals surface area contributed by atoms with Crippen LogP contribution in [0.15, 0.2) is 72.8 Å². The molecule has 2 aliphatic rings. The van der Waals surface area contributed by atoms with E-state index in [4.69, 9.17) is 4.74 Å². The summed E-state index contributed by atoms with van der Waals surface area (Å²) in [6.45, 7) is 11.0. The van der Waals surface area contributed by atoms with Crippen molar-refractivity contribution in [3.05, 3.63) is 101 Å². The average molecular weight is 554 g/mol. The number of carbonyl (C=O) groups excluding carboxylic acids is 2. The van der Waals surface area contributed by atoms with Gasteiger partial charge in [-0.15, -0.1) is 0 Å². The number of aryl methyl sites for hydroxylation is 2. The van der Waals surface area contributed by atoms with E-state index in [0.29, 0.717) is 11.6 Å². The molecule has 0 unspecified atom stereocenters. The summed E-state index contributed by atoms with van der Waals surface area (Å²) in [7, 11) is 1.41. The van der Waals surface area contributed by atoms with E-state index in [2.05, 4.69) is 52.0 Å². The van der Waals surface area contributed by atoms with Crippen LogP contribution < -0.4 is 4.90 Å². The number of amides is 1. The Morgan fingerprint density at radius 2 is 1.46 bits per heavy atom. The molecule has 6 nitrogen and oxygen atoms in total. The number of nitrogens with zero attached hydrogens (tertiary/aromatic N) is 3. The molecule has 0 atom stereocenters. The van der Waals surface area contributed by atoms with Crippen LogP contribution in [0.4, 0.5) is 5.69 Å². The Hall–Kier alpha value is -3.64. The standard InChI is InChI=1S/C35H43N3O3/c1-26-9-8-10-27(2)32(26)33(39)36-23-19-35(3,20-24-36)37-21-17-31(18-22-37)38(30-11-6-5-7-12-30)25-28-13-15-29(16-14-28)34(40)41-4/h5-16,31H,17-25H2,1-4H3. The number of piperidine rings is 2. The van der Waals surface area contributed by atoms with Crippen molar-refractivity contribution in [1.29, 1.82) is 0 Å². The second-order valence-electron chi connectivity index (χ2n) is 11.9. The Bertz CT molecular complexity index is 1320. The van der Waals surface area contributed by atoms with Crippen molar-refractivity contribution >= 4 is 17.6 Å². The van der Waals surface area contributed by atoms with Crippen molar-refractivity contribution in [2.45, 2.75) is 64.6 Å². The van der Waals surface area contributed by atoms with Crippen LogP contribution in [0.3, 0.4) is 0 Å². The summed E-state index contributed by atoms with van der Waals surface area (Å²) < 4.78 is 4.86. The number of rotatable bonds is 7.